The van der Waals surface area contributed by atoms with Crippen molar-refractivity contribution in [3.63, 3.8) is 0 Å². The summed E-state index contributed by atoms with van der Waals surface area (Å²) >= 11 is 7.66. The monoisotopic (exact) mass is 308 g/mol. The van der Waals surface area contributed by atoms with Gasteiger partial charge in [-0.1, -0.05) is 6.07 Å². The van der Waals surface area contributed by atoms with Crippen LogP contribution in [0.5, 0.6) is 0 Å². The topological polar surface area (TPSA) is 59.8 Å². The SMILES string of the molecule is O=c1ccccn1CCNc1nc(Cl)nc2c1SCC2. The number of fused-ring (bicyclic) bond motifs is 1. The van der Waals surface area contributed by atoms with Crippen molar-refractivity contribution < 1.29 is 0 Å². The first-order valence-corrected chi connectivity index (χ1v) is 7.69. The summed E-state index contributed by atoms with van der Waals surface area (Å²) in [4.78, 5) is 21.1. The van der Waals surface area contributed by atoms with Crippen LogP contribution in [0.1, 0.15) is 5.69 Å². The van der Waals surface area contributed by atoms with Gasteiger partial charge in [0.1, 0.15) is 5.82 Å². The highest BCUT2D eigenvalue weighted by Gasteiger charge is 2.19. The molecule has 1 aliphatic heterocycles. The van der Waals surface area contributed by atoms with Crippen molar-refractivity contribution in [3.8, 4) is 0 Å². The van der Waals surface area contributed by atoms with Gasteiger partial charge in [0.25, 0.3) is 5.56 Å². The normalized spacial score (nSPS) is 13.2. The third-order valence-electron chi connectivity index (χ3n) is 3.04. The molecule has 5 nitrogen and oxygen atoms in total. The van der Waals surface area contributed by atoms with Crippen LogP contribution >= 0.6 is 23.4 Å². The minimum absolute atomic E-state index is 0.00498. The maximum absolute atomic E-state index is 11.6. The number of nitrogens with zero attached hydrogens (tertiary/aromatic N) is 3. The first-order chi connectivity index (χ1) is 9.74. The van der Waals surface area contributed by atoms with Crippen LogP contribution in [-0.4, -0.2) is 26.8 Å². The summed E-state index contributed by atoms with van der Waals surface area (Å²) in [5.41, 5.74) is 1.00. The van der Waals surface area contributed by atoms with Crippen LogP contribution < -0.4 is 10.9 Å². The Hall–Kier alpha value is -1.53. The van der Waals surface area contributed by atoms with Crippen LogP contribution in [0.3, 0.4) is 0 Å². The molecule has 104 valence electrons. The molecule has 0 radical (unpaired) electrons. The second kappa shape index (κ2) is 5.85. The first kappa shape index (κ1) is 13.5. The smallest absolute Gasteiger partial charge is 0.250 e. The standard InChI is InChI=1S/C13H13ClN4OS/c14-13-16-9-4-8-20-11(9)12(17-13)15-5-7-18-6-2-1-3-10(18)19/h1-3,6H,4-5,7-8H2,(H,15,16,17). The summed E-state index contributed by atoms with van der Waals surface area (Å²) in [6.45, 7) is 1.20. The summed E-state index contributed by atoms with van der Waals surface area (Å²) in [5, 5.41) is 3.51. The van der Waals surface area contributed by atoms with Crippen LogP contribution in [-0.2, 0) is 13.0 Å². The fourth-order valence-corrected chi connectivity index (χ4v) is 3.35. The number of halogens is 1. The molecule has 0 atom stereocenters. The molecule has 0 spiro atoms. The molecule has 2 aromatic rings. The van der Waals surface area contributed by atoms with Crippen LogP contribution in [0.4, 0.5) is 5.82 Å². The highest BCUT2D eigenvalue weighted by molar-refractivity contribution is 7.99. The molecule has 0 fully saturated rings. The average Bonchev–Trinajstić information content (AvgIpc) is 2.89. The molecular formula is C13H13ClN4OS. The van der Waals surface area contributed by atoms with Gasteiger partial charge in [0.15, 0.2) is 0 Å². The maximum atomic E-state index is 11.6. The minimum atomic E-state index is -0.00498. The number of hydrogen-bond donors (Lipinski definition) is 1. The van der Waals surface area contributed by atoms with Crippen molar-refractivity contribution in [2.24, 2.45) is 0 Å². The van der Waals surface area contributed by atoms with Gasteiger partial charge in [-0.05, 0) is 17.7 Å². The maximum Gasteiger partial charge on any atom is 0.250 e. The highest BCUT2D eigenvalue weighted by Crippen LogP contribution is 2.35. The van der Waals surface area contributed by atoms with Gasteiger partial charge in [0.05, 0.1) is 10.6 Å². The largest absolute Gasteiger partial charge is 0.367 e. The average molecular weight is 309 g/mol. The number of aromatic nitrogens is 3. The van der Waals surface area contributed by atoms with Gasteiger partial charge in [-0.3, -0.25) is 4.79 Å². The number of aryl methyl sites for hydroxylation is 1. The molecule has 7 heteroatoms. The molecule has 3 rings (SSSR count). The molecule has 0 aliphatic carbocycles. The Bertz CT molecular complexity index is 688. The Labute approximate surface area is 125 Å². The van der Waals surface area contributed by atoms with Crippen LogP contribution in [0.2, 0.25) is 5.28 Å². The van der Waals surface area contributed by atoms with E-state index in [0.29, 0.717) is 13.1 Å². The molecular weight excluding hydrogens is 296 g/mol. The van der Waals surface area contributed by atoms with Crippen molar-refractivity contribution in [2.45, 2.75) is 17.9 Å². The molecule has 2 aromatic heterocycles. The predicted molar refractivity (Wildman–Crippen MR) is 80.7 cm³/mol. The van der Waals surface area contributed by atoms with Gasteiger partial charge < -0.3 is 9.88 Å². The van der Waals surface area contributed by atoms with Crippen molar-refractivity contribution in [3.05, 3.63) is 45.7 Å². The molecule has 20 heavy (non-hydrogen) atoms. The Morgan fingerprint density at radius 3 is 3.15 bits per heavy atom. The molecule has 0 unspecified atom stereocenters. The van der Waals surface area contributed by atoms with E-state index in [1.54, 1.807) is 34.7 Å². The van der Waals surface area contributed by atoms with E-state index in [1.807, 2.05) is 6.07 Å². The van der Waals surface area contributed by atoms with E-state index in [1.165, 1.54) is 0 Å². The van der Waals surface area contributed by atoms with E-state index in [2.05, 4.69) is 15.3 Å². The first-order valence-electron chi connectivity index (χ1n) is 6.32. The van der Waals surface area contributed by atoms with Crippen LogP contribution in [0.15, 0.2) is 34.1 Å². The minimum Gasteiger partial charge on any atom is -0.367 e. The van der Waals surface area contributed by atoms with Gasteiger partial charge in [0.2, 0.25) is 5.28 Å². The lowest BCUT2D eigenvalue weighted by atomic mass is 10.3. The molecule has 0 bridgehead atoms. The number of anilines is 1. The van der Waals surface area contributed by atoms with Gasteiger partial charge in [-0.2, -0.15) is 4.98 Å². The second-order valence-electron chi connectivity index (χ2n) is 4.37. The van der Waals surface area contributed by atoms with Gasteiger partial charge in [-0.15, -0.1) is 11.8 Å². The predicted octanol–water partition coefficient (Wildman–Crippen LogP) is 2.05. The van der Waals surface area contributed by atoms with Crippen molar-refractivity contribution in [1.29, 1.82) is 0 Å². The molecule has 1 N–H and O–H groups in total. The van der Waals surface area contributed by atoms with Gasteiger partial charge in [-0.25, -0.2) is 4.98 Å². The third kappa shape index (κ3) is 2.81. The molecule has 1 aliphatic rings. The number of nitrogens with one attached hydrogen (secondary N) is 1. The van der Waals surface area contributed by atoms with E-state index >= 15 is 0 Å². The molecule has 0 amide bonds. The quantitative estimate of drug-likeness (QED) is 0.876. The summed E-state index contributed by atoms with van der Waals surface area (Å²) in [6.07, 6.45) is 2.70. The number of pyridine rings is 1. The van der Waals surface area contributed by atoms with Crippen molar-refractivity contribution in [1.82, 2.24) is 14.5 Å². The summed E-state index contributed by atoms with van der Waals surface area (Å²) in [5.74, 6) is 1.78. The van der Waals surface area contributed by atoms with Gasteiger partial charge in [0, 0.05) is 37.5 Å². The molecule has 0 aromatic carbocycles. The zero-order chi connectivity index (χ0) is 13.9. The number of thioether (sulfide) groups is 1. The van der Waals surface area contributed by atoms with Gasteiger partial charge >= 0.3 is 0 Å². The summed E-state index contributed by atoms with van der Waals surface area (Å²) in [7, 11) is 0. The Kier molecular flexibility index (Phi) is 3.93. The van der Waals surface area contributed by atoms with Crippen LogP contribution in [0.25, 0.3) is 0 Å². The van der Waals surface area contributed by atoms with E-state index in [4.69, 9.17) is 11.6 Å². The van der Waals surface area contributed by atoms with Crippen molar-refractivity contribution in [2.75, 3.05) is 17.6 Å². The Morgan fingerprint density at radius 2 is 2.30 bits per heavy atom. The Balaban J connectivity index is 1.71. The fourth-order valence-electron chi connectivity index (χ4n) is 2.10. The van der Waals surface area contributed by atoms with Crippen molar-refractivity contribution >= 4 is 29.2 Å². The van der Waals surface area contributed by atoms with E-state index in [9.17, 15) is 4.79 Å². The zero-order valence-corrected chi connectivity index (χ0v) is 12.2. The molecule has 3 heterocycles. The van der Waals surface area contributed by atoms with E-state index in [-0.39, 0.29) is 10.8 Å². The second-order valence-corrected chi connectivity index (χ2v) is 5.82. The highest BCUT2D eigenvalue weighted by atomic mass is 35.5. The number of hydrogen-bond acceptors (Lipinski definition) is 5. The molecule has 0 saturated heterocycles. The lowest BCUT2D eigenvalue weighted by Gasteiger charge is -2.10. The lowest BCUT2D eigenvalue weighted by Crippen LogP contribution is -2.22. The van der Waals surface area contributed by atoms with E-state index < -0.39 is 0 Å². The lowest BCUT2D eigenvalue weighted by molar-refractivity contribution is 0.695. The van der Waals surface area contributed by atoms with Crippen LogP contribution in [0, 0.1) is 0 Å². The summed E-state index contributed by atoms with van der Waals surface area (Å²) in [6, 6.07) is 5.13. The third-order valence-corrected chi connectivity index (χ3v) is 4.33. The fraction of sp³-hybridized carbons (Fsp3) is 0.308. The summed E-state index contributed by atoms with van der Waals surface area (Å²) < 4.78 is 1.66. The van der Waals surface area contributed by atoms with E-state index in [0.717, 1.165) is 28.6 Å². The molecule has 0 saturated carbocycles. The Morgan fingerprint density at radius 1 is 1.40 bits per heavy atom. The number of rotatable bonds is 4. The zero-order valence-electron chi connectivity index (χ0n) is 10.7.